The van der Waals surface area contributed by atoms with Gasteiger partial charge in [-0.3, -0.25) is 4.98 Å². The third-order valence-corrected chi connectivity index (χ3v) is 5.09. The van der Waals surface area contributed by atoms with E-state index in [9.17, 15) is 5.26 Å². The summed E-state index contributed by atoms with van der Waals surface area (Å²) < 4.78 is 0. The molecule has 1 saturated heterocycles. The van der Waals surface area contributed by atoms with Gasteiger partial charge in [-0.05, 0) is 49.3 Å². The van der Waals surface area contributed by atoms with E-state index in [4.69, 9.17) is 11.6 Å². The van der Waals surface area contributed by atoms with E-state index in [1.165, 1.54) is 25.7 Å². The zero-order chi connectivity index (χ0) is 14.4. The summed E-state index contributed by atoms with van der Waals surface area (Å²) in [5.41, 5.74) is 3.10. The molecule has 1 aromatic carbocycles. The molecule has 0 bridgehead atoms. The summed E-state index contributed by atoms with van der Waals surface area (Å²) in [5, 5.41) is 11.2. The van der Waals surface area contributed by atoms with E-state index >= 15 is 0 Å². The molecule has 21 heavy (non-hydrogen) atoms. The molecule has 0 unspecified atom stereocenters. The van der Waals surface area contributed by atoms with Crippen LogP contribution in [0.2, 0.25) is 5.02 Å². The van der Waals surface area contributed by atoms with Crippen molar-refractivity contribution in [2.75, 3.05) is 18.0 Å². The van der Waals surface area contributed by atoms with Crippen LogP contribution in [0, 0.1) is 16.7 Å². The third-order valence-electron chi connectivity index (χ3n) is 4.86. The molecule has 1 aliphatic carbocycles. The molecule has 2 heterocycles. The number of pyridine rings is 1. The molecule has 2 fully saturated rings. The second-order valence-electron chi connectivity index (χ2n) is 6.32. The van der Waals surface area contributed by atoms with Crippen LogP contribution in [0.3, 0.4) is 0 Å². The van der Waals surface area contributed by atoms with Gasteiger partial charge in [-0.2, -0.15) is 5.26 Å². The van der Waals surface area contributed by atoms with Crippen molar-refractivity contribution in [2.24, 2.45) is 5.41 Å². The van der Waals surface area contributed by atoms with E-state index < -0.39 is 0 Å². The number of hydrogen-bond donors (Lipinski definition) is 0. The quantitative estimate of drug-likeness (QED) is 0.794. The maximum atomic E-state index is 9.47. The third kappa shape index (κ3) is 2.15. The Hall–Kier alpha value is -1.79. The molecule has 1 aliphatic heterocycles. The van der Waals surface area contributed by atoms with Crippen LogP contribution in [-0.4, -0.2) is 18.1 Å². The van der Waals surface area contributed by atoms with E-state index in [1.807, 2.05) is 18.2 Å². The molecular weight excluding hydrogens is 282 g/mol. The zero-order valence-corrected chi connectivity index (χ0v) is 12.5. The highest BCUT2D eigenvalue weighted by Gasteiger charge is 2.45. The minimum Gasteiger partial charge on any atom is -0.369 e. The Morgan fingerprint density at radius 1 is 1.29 bits per heavy atom. The topological polar surface area (TPSA) is 39.9 Å². The largest absolute Gasteiger partial charge is 0.369 e. The number of halogens is 1. The lowest BCUT2D eigenvalue weighted by molar-refractivity contribution is 0.395. The fourth-order valence-electron chi connectivity index (χ4n) is 3.56. The number of nitriles is 1. The predicted molar refractivity (Wildman–Crippen MR) is 84.6 cm³/mol. The van der Waals surface area contributed by atoms with Crippen molar-refractivity contribution >= 4 is 28.2 Å². The first kappa shape index (κ1) is 12.9. The fraction of sp³-hybridized carbons (Fsp3) is 0.412. The first-order chi connectivity index (χ1) is 10.2. The summed E-state index contributed by atoms with van der Waals surface area (Å²) in [5.74, 6) is 0. The number of anilines is 1. The van der Waals surface area contributed by atoms with Crippen LogP contribution < -0.4 is 4.90 Å². The second kappa shape index (κ2) is 4.61. The second-order valence-corrected chi connectivity index (χ2v) is 6.76. The van der Waals surface area contributed by atoms with Gasteiger partial charge in [-0.25, -0.2) is 0 Å². The van der Waals surface area contributed by atoms with Gasteiger partial charge in [0.05, 0.1) is 16.8 Å². The fourth-order valence-corrected chi connectivity index (χ4v) is 3.73. The van der Waals surface area contributed by atoms with Gasteiger partial charge in [0, 0.05) is 29.7 Å². The van der Waals surface area contributed by atoms with Crippen molar-refractivity contribution in [3.05, 3.63) is 35.0 Å². The molecule has 0 radical (unpaired) electrons. The normalized spacial score (nSPS) is 19.7. The minimum absolute atomic E-state index is 0.513. The van der Waals surface area contributed by atoms with E-state index in [0.29, 0.717) is 16.0 Å². The van der Waals surface area contributed by atoms with Crippen LogP contribution in [0.15, 0.2) is 24.4 Å². The van der Waals surface area contributed by atoms with Crippen molar-refractivity contribution in [1.82, 2.24) is 4.98 Å². The van der Waals surface area contributed by atoms with Gasteiger partial charge < -0.3 is 4.90 Å². The molecule has 3 nitrogen and oxygen atoms in total. The molecule has 1 spiro atoms. The van der Waals surface area contributed by atoms with Crippen LogP contribution in [-0.2, 0) is 0 Å². The standard InChI is InChI=1S/C17H16ClN3/c18-13-2-3-15-14(8-13)16(12(9-19)10-20-15)21-7-1-4-17(11-21)5-6-17/h2-3,8,10H,1,4-7,11H2. The SMILES string of the molecule is N#Cc1cnc2ccc(Cl)cc2c1N1CCCC2(CC2)C1. The van der Waals surface area contributed by atoms with Gasteiger partial charge in [0.1, 0.15) is 6.07 Å². The first-order valence-corrected chi connectivity index (χ1v) is 7.82. The van der Waals surface area contributed by atoms with Crippen molar-refractivity contribution < 1.29 is 0 Å². The van der Waals surface area contributed by atoms with Crippen molar-refractivity contribution in [2.45, 2.75) is 25.7 Å². The summed E-state index contributed by atoms with van der Waals surface area (Å²) in [6.07, 6.45) is 6.88. The lowest BCUT2D eigenvalue weighted by atomic mass is 9.93. The average molecular weight is 298 g/mol. The summed E-state index contributed by atoms with van der Waals surface area (Å²) in [6, 6.07) is 8.03. The highest BCUT2D eigenvalue weighted by atomic mass is 35.5. The molecule has 4 rings (SSSR count). The van der Waals surface area contributed by atoms with Gasteiger partial charge in [0.25, 0.3) is 0 Å². The number of hydrogen-bond acceptors (Lipinski definition) is 3. The van der Waals surface area contributed by atoms with Crippen LogP contribution in [0.1, 0.15) is 31.2 Å². The van der Waals surface area contributed by atoms with E-state index in [0.717, 1.165) is 29.7 Å². The number of rotatable bonds is 1. The van der Waals surface area contributed by atoms with Crippen LogP contribution in [0.4, 0.5) is 5.69 Å². The lowest BCUT2D eigenvalue weighted by Gasteiger charge is -2.35. The van der Waals surface area contributed by atoms with Crippen LogP contribution >= 0.6 is 11.6 Å². The Balaban J connectivity index is 1.89. The monoisotopic (exact) mass is 297 g/mol. The lowest BCUT2D eigenvalue weighted by Crippen LogP contribution is -2.37. The molecule has 1 saturated carbocycles. The molecule has 106 valence electrons. The highest BCUT2D eigenvalue weighted by Crippen LogP contribution is 2.53. The van der Waals surface area contributed by atoms with E-state index in [1.54, 1.807) is 6.20 Å². The molecule has 2 aromatic rings. The highest BCUT2D eigenvalue weighted by molar-refractivity contribution is 6.31. The van der Waals surface area contributed by atoms with Crippen molar-refractivity contribution in [1.29, 1.82) is 5.26 Å². The summed E-state index contributed by atoms with van der Waals surface area (Å²) in [7, 11) is 0. The number of fused-ring (bicyclic) bond motifs is 1. The van der Waals surface area contributed by atoms with Gasteiger partial charge in [-0.15, -0.1) is 0 Å². The van der Waals surface area contributed by atoms with Gasteiger partial charge in [0.2, 0.25) is 0 Å². The van der Waals surface area contributed by atoms with E-state index in [-0.39, 0.29) is 0 Å². The first-order valence-electron chi connectivity index (χ1n) is 7.44. The molecule has 0 atom stereocenters. The van der Waals surface area contributed by atoms with Crippen molar-refractivity contribution in [3.63, 3.8) is 0 Å². The maximum Gasteiger partial charge on any atom is 0.103 e. The molecule has 0 N–H and O–H groups in total. The van der Waals surface area contributed by atoms with Gasteiger partial charge in [0.15, 0.2) is 0 Å². The van der Waals surface area contributed by atoms with Gasteiger partial charge in [-0.1, -0.05) is 11.6 Å². The Kier molecular flexibility index (Phi) is 2.83. The number of aromatic nitrogens is 1. The Labute approximate surface area is 129 Å². The Morgan fingerprint density at radius 3 is 2.90 bits per heavy atom. The molecule has 2 aliphatic rings. The average Bonchev–Trinajstić information content (AvgIpc) is 3.24. The van der Waals surface area contributed by atoms with Crippen molar-refractivity contribution in [3.8, 4) is 6.07 Å². The van der Waals surface area contributed by atoms with Crippen LogP contribution in [0.25, 0.3) is 10.9 Å². The maximum absolute atomic E-state index is 9.47. The molecule has 0 amide bonds. The Bertz CT molecular complexity index is 758. The number of nitrogens with zero attached hydrogens (tertiary/aromatic N) is 3. The van der Waals surface area contributed by atoms with E-state index in [2.05, 4.69) is 16.0 Å². The number of piperidine rings is 1. The van der Waals surface area contributed by atoms with Gasteiger partial charge >= 0.3 is 0 Å². The Morgan fingerprint density at radius 2 is 2.14 bits per heavy atom. The summed E-state index contributed by atoms with van der Waals surface area (Å²) >= 11 is 6.16. The smallest absolute Gasteiger partial charge is 0.103 e. The molecule has 1 aromatic heterocycles. The predicted octanol–water partition coefficient (Wildman–Crippen LogP) is 4.14. The molecular formula is C17H16ClN3. The summed E-state index contributed by atoms with van der Waals surface area (Å²) in [4.78, 5) is 6.78. The zero-order valence-electron chi connectivity index (χ0n) is 11.8. The number of benzene rings is 1. The van der Waals surface area contributed by atoms with Crippen LogP contribution in [0.5, 0.6) is 0 Å². The minimum atomic E-state index is 0.513. The molecule has 4 heteroatoms. The summed E-state index contributed by atoms with van der Waals surface area (Å²) in [6.45, 7) is 2.08.